The lowest BCUT2D eigenvalue weighted by molar-refractivity contribution is -0.134. The molecule has 3 aromatic carbocycles. The van der Waals surface area contributed by atoms with Gasteiger partial charge in [0, 0.05) is 79.1 Å². The monoisotopic (exact) mass is 844 g/mol. The molecule has 2 atom stereocenters. The van der Waals surface area contributed by atoms with Crippen molar-refractivity contribution in [3.8, 4) is 11.1 Å². The molecule has 3 fully saturated rings. The van der Waals surface area contributed by atoms with Gasteiger partial charge in [0.1, 0.15) is 17.7 Å². The van der Waals surface area contributed by atoms with Gasteiger partial charge in [0.15, 0.2) is 11.2 Å². The molecule has 4 N–H and O–H groups in total. The maximum Gasteiger partial charge on any atom is 0.256 e. The van der Waals surface area contributed by atoms with E-state index in [0.29, 0.717) is 62.2 Å². The maximum atomic E-state index is 15.7. The third-order valence-electron chi connectivity index (χ3n) is 12.1. The van der Waals surface area contributed by atoms with Gasteiger partial charge in [0.2, 0.25) is 17.7 Å². The lowest BCUT2D eigenvalue weighted by Gasteiger charge is -2.38. The van der Waals surface area contributed by atoms with Crippen molar-refractivity contribution in [2.75, 3.05) is 61.3 Å². The van der Waals surface area contributed by atoms with Crippen LogP contribution in [0.4, 0.5) is 20.9 Å². The number of nitrogens with one attached hydrogen (secondary N) is 4. The smallest absolute Gasteiger partial charge is 0.256 e. The van der Waals surface area contributed by atoms with Crippen LogP contribution in [0.1, 0.15) is 65.0 Å². The average Bonchev–Trinajstić information content (AvgIpc) is 4.07. The van der Waals surface area contributed by atoms with Gasteiger partial charge < -0.3 is 25.0 Å². The van der Waals surface area contributed by atoms with Gasteiger partial charge in [-0.15, -0.1) is 11.3 Å². The number of anilines is 3. The van der Waals surface area contributed by atoms with Gasteiger partial charge in [0.25, 0.3) is 11.8 Å². The van der Waals surface area contributed by atoms with Gasteiger partial charge in [-0.2, -0.15) is 0 Å². The zero-order valence-electron chi connectivity index (χ0n) is 33.3. The fourth-order valence-electron chi connectivity index (χ4n) is 8.74. The van der Waals surface area contributed by atoms with Crippen molar-refractivity contribution in [1.82, 2.24) is 35.0 Å². The Morgan fingerprint density at radius 1 is 0.885 bits per heavy atom. The number of likely N-dealkylation sites (tertiary alicyclic amines) is 1. The van der Waals surface area contributed by atoms with Crippen LogP contribution in [0.25, 0.3) is 11.1 Å². The Morgan fingerprint density at radius 2 is 1.66 bits per heavy atom. The van der Waals surface area contributed by atoms with E-state index in [9.17, 15) is 24.0 Å². The molecule has 3 saturated heterocycles. The first-order valence-electron chi connectivity index (χ1n) is 20.6. The predicted molar refractivity (Wildman–Crippen MR) is 227 cm³/mol. The first-order valence-corrected chi connectivity index (χ1v) is 21.4. The highest BCUT2D eigenvalue weighted by molar-refractivity contribution is 7.13. The summed E-state index contributed by atoms with van der Waals surface area (Å²) >= 11 is 1.25. The number of hydrogen-bond acceptors (Lipinski definition) is 11. The summed E-state index contributed by atoms with van der Waals surface area (Å²) in [7, 11) is 0. The molecule has 9 rings (SSSR count). The van der Waals surface area contributed by atoms with E-state index in [0.717, 1.165) is 42.9 Å². The normalized spacial score (nSPS) is 19.1. The third kappa shape index (κ3) is 8.61. The number of amides is 5. The molecule has 2 aromatic heterocycles. The summed E-state index contributed by atoms with van der Waals surface area (Å²) in [5.41, 5.74) is 4.83. The first kappa shape index (κ1) is 40.0. The molecule has 0 saturated carbocycles. The van der Waals surface area contributed by atoms with E-state index in [1.54, 1.807) is 23.8 Å². The molecule has 5 aromatic rings. The molecule has 4 aliphatic rings. The van der Waals surface area contributed by atoms with Crippen molar-refractivity contribution in [1.29, 1.82) is 0 Å². The topological polar surface area (TPSA) is 176 Å². The molecule has 0 spiro atoms. The molecule has 5 amide bonds. The number of aromatic amines is 1. The van der Waals surface area contributed by atoms with E-state index < -0.39 is 29.7 Å². The van der Waals surface area contributed by atoms with E-state index in [-0.39, 0.29) is 41.2 Å². The summed E-state index contributed by atoms with van der Waals surface area (Å²) < 4.78 is 15.7. The minimum atomic E-state index is -1.12. The number of rotatable bonds is 11. The molecule has 17 heteroatoms. The Kier molecular flexibility index (Phi) is 11.3. The molecule has 314 valence electrons. The van der Waals surface area contributed by atoms with Gasteiger partial charge in [-0.3, -0.25) is 39.5 Å². The van der Waals surface area contributed by atoms with Crippen LogP contribution in [-0.2, 0) is 25.7 Å². The fourth-order valence-corrected chi connectivity index (χ4v) is 9.27. The molecule has 0 aliphatic carbocycles. The number of halogens is 1. The highest BCUT2D eigenvalue weighted by Gasteiger charge is 2.41. The number of piperidine rings is 2. The van der Waals surface area contributed by atoms with Crippen molar-refractivity contribution in [2.24, 2.45) is 0 Å². The number of piperazine rings is 1. The van der Waals surface area contributed by atoms with Gasteiger partial charge in [0.05, 0.1) is 13.1 Å². The molecule has 2 unspecified atom stereocenters. The van der Waals surface area contributed by atoms with Crippen LogP contribution in [0.15, 0.2) is 84.6 Å². The Morgan fingerprint density at radius 3 is 2.34 bits per heavy atom. The van der Waals surface area contributed by atoms with Crippen molar-refractivity contribution < 1.29 is 28.4 Å². The quantitative estimate of drug-likeness (QED) is 0.136. The van der Waals surface area contributed by atoms with Gasteiger partial charge in [-0.05, 0) is 91.4 Å². The molecular formula is C44H45FN10O5S. The number of imide groups is 1. The van der Waals surface area contributed by atoms with Crippen LogP contribution in [0, 0.1) is 5.82 Å². The van der Waals surface area contributed by atoms with Crippen LogP contribution >= 0.6 is 11.3 Å². The number of hydrogen-bond donors (Lipinski definition) is 4. The summed E-state index contributed by atoms with van der Waals surface area (Å²) in [5.74, 6) is -1.21. The molecule has 15 nitrogen and oxygen atoms in total. The van der Waals surface area contributed by atoms with E-state index in [1.807, 2.05) is 41.3 Å². The van der Waals surface area contributed by atoms with Gasteiger partial charge in [-0.1, -0.05) is 24.3 Å². The maximum absolute atomic E-state index is 15.7. The largest absolute Gasteiger partial charge is 0.374 e. The minimum Gasteiger partial charge on any atom is -0.374 e. The number of nitrogens with zero attached hydrogens (tertiary/aromatic N) is 6. The van der Waals surface area contributed by atoms with Crippen molar-refractivity contribution in [2.45, 2.75) is 50.2 Å². The molecular weight excluding hydrogens is 800 g/mol. The predicted octanol–water partition coefficient (Wildman–Crippen LogP) is 4.75. The SMILES string of the molecule is O=C1CCC(Nc2ccc(C3CCN(CC(=O)N4CCN(c5ccc(-c6cc(F)c7c(c6)C(=O)N(C(C(=O)Nc6nccs6)c6ncc[nH]6)C7)cc5)CC4)CC3)cc2)C(=O)N1. The highest BCUT2D eigenvalue weighted by Crippen LogP contribution is 2.36. The van der Waals surface area contributed by atoms with E-state index in [4.69, 9.17) is 0 Å². The second kappa shape index (κ2) is 17.3. The van der Waals surface area contributed by atoms with Gasteiger partial charge >= 0.3 is 0 Å². The van der Waals surface area contributed by atoms with Crippen LogP contribution in [0.3, 0.4) is 0 Å². The number of benzene rings is 3. The summed E-state index contributed by atoms with van der Waals surface area (Å²) in [6.45, 7) is 4.60. The molecule has 4 aliphatic heterocycles. The summed E-state index contributed by atoms with van der Waals surface area (Å²) in [6.07, 6.45) is 7.37. The van der Waals surface area contributed by atoms with Crippen molar-refractivity contribution in [3.05, 3.63) is 113 Å². The second-order valence-corrected chi connectivity index (χ2v) is 16.8. The van der Waals surface area contributed by atoms with Crippen LogP contribution < -0.4 is 20.9 Å². The third-order valence-corrected chi connectivity index (χ3v) is 12.8. The Hall–Kier alpha value is -6.46. The highest BCUT2D eigenvalue weighted by atomic mass is 32.1. The summed E-state index contributed by atoms with van der Waals surface area (Å²) in [4.78, 5) is 83.3. The number of thiazole rings is 1. The lowest BCUT2D eigenvalue weighted by Crippen LogP contribution is -2.51. The molecule has 0 radical (unpaired) electrons. The lowest BCUT2D eigenvalue weighted by atomic mass is 9.89. The Labute approximate surface area is 355 Å². The Bertz CT molecular complexity index is 2410. The van der Waals surface area contributed by atoms with E-state index in [1.165, 1.54) is 34.1 Å². The molecule has 0 bridgehead atoms. The number of imidazole rings is 1. The molecule has 6 heterocycles. The number of fused-ring (bicyclic) bond motifs is 1. The summed E-state index contributed by atoms with van der Waals surface area (Å²) in [5, 5.41) is 10.5. The van der Waals surface area contributed by atoms with Crippen LogP contribution in [-0.4, -0.2) is 111 Å². The first-order chi connectivity index (χ1) is 29.7. The van der Waals surface area contributed by atoms with Gasteiger partial charge in [-0.25, -0.2) is 14.4 Å². The number of carbonyl (C=O) groups is 5. The number of aromatic nitrogens is 3. The second-order valence-electron chi connectivity index (χ2n) is 15.9. The standard InChI is InChI=1S/C44H45FN10O5S/c45-35-24-30(23-33-34(35)25-55(43(33)60)39(40-46-13-14-47-40)42(59)51-44-48-15-22-61-44)28-3-7-32(8-4-28)53-18-20-54(21-19-53)38(57)26-52-16-11-29(12-17-52)27-1-5-31(6-2-27)49-36-9-10-37(56)50-41(36)58/h1-8,13-15,22-24,29,36,39,49H,9-12,16-21,25-26H2,(H,46,47)(H,48,51,59)(H,50,56,58). The molecule has 61 heavy (non-hydrogen) atoms. The minimum absolute atomic E-state index is 0.0891. The van der Waals surface area contributed by atoms with E-state index in [2.05, 4.69) is 52.8 Å². The average molecular weight is 845 g/mol. The number of H-pyrrole nitrogens is 1. The summed E-state index contributed by atoms with van der Waals surface area (Å²) in [6, 6.07) is 17.5. The van der Waals surface area contributed by atoms with Crippen LogP contribution in [0.2, 0.25) is 0 Å². The zero-order valence-corrected chi connectivity index (χ0v) is 34.1. The van der Waals surface area contributed by atoms with Crippen LogP contribution in [0.5, 0.6) is 0 Å². The van der Waals surface area contributed by atoms with Crippen molar-refractivity contribution in [3.63, 3.8) is 0 Å². The fraction of sp³-hybridized carbons (Fsp3) is 0.341. The van der Waals surface area contributed by atoms with E-state index >= 15 is 4.39 Å². The Balaban J connectivity index is 0.757. The zero-order chi connectivity index (χ0) is 42.0. The van der Waals surface area contributed by atoms with Crippen molar-refractivity contribution >= 4 is 57.4 Å². The number of carbonyl (C=O) groups excluding carboxylic acids is 5.